The molecule has 2 aliphatic heterocycles. The molecule has 4 aliphatic carbocycles. The molecule has 6 aliphatic rings. The average Bonchev–Trinajstić information content (AvgIpc) is 3.47. The number of hydrogen-bond donors (Lipinski definition) is 5. The van der Waals surface area contributed by atoms with Gasteiger partial charge in [0.25, 0.3) is 0 Å². The number of carbonyl (C=O) groups excluding carboxylic acids is 2. The minimum Gasteiger partial charge on any atom is -0.463 e. The van der Waals surface area contributed by atoms with Gasteiger partial charge in [-0.15, -0.1) is 0 Å². The molecule has 318 valence electrons. The molecule has 0 amide bonds. The molecule has 2 saturated heterocycles. The minimum absolute atomic E-state index is 0.0250. The van der Waals surface area contributed by atoms with Crippen molar-refractivity contribution in [2.45, 2.75) is 165 Å². The standard InChI is InChI=1S/C43H62O14/c1-22(52-24(3)45)28-15-17-43(50)29-13-12-26-18-27(14-16-41(26,4)30(29)19-33(42(28,43)5)56-39(49)25-10-8-7-9-11-25)54-34-20-31(51-6)38(23(2)53-34)57-40-37(48)36(47)35(46)32(21-44)55-40/h7-12,22-23,27-38,40,44,46-48,50H,13-21H2,1-6H3/t22-,23-,27+,28-,29-,30+,31+,32-,33-,34+,35+,36-,37-,38-,40+,41+,42+,43+/m1/s1. The largest absolute Gasteiger partial charge is 0.463 e. The Kier molecular flexibility index (Phi) is 12.3. The maximum Gasteiger partial charge on any atom is 0.338 e. The van der Waals surface area contributed by atoms with E-state index in [4.69, 9.17) is 33.2 Å². The van der Waals surface area contributed by atoms with Crippen LogP contribution in [-0.4, -0.2) is 130 Å². The first-order valence-corrected chi connectivity index (χ1v) is 20.7. The molecule has 0 aromatic heterocycles. The maximum atomic E-state index is 13.7. The average molecular weight is 803 g/mol. The second-order valence-corrected chi connectivity index (χ2v) is 17.8. The molecule has 3 saturated carbocycles. The van der Waals surface area contributed by atoms with Gasteiger partial charge < -0.3 is 58.7 Å². The van der Waals surface area contributed by atoms with Gasteiger partial charge in [0.1, 0.15) is 42.7 Å². The summed E-state index contributed by atoms with van der Waals surface area (Å²) in [5.41, 5.74) is -0.586. The normalized spacial score (nSPS) is 46.1. The van der Waals surface area contributed by atoms with Gasteiger partial charge in [-0.3, -0.25) is 4.79 Å². The Hall–Kier alpha value is -2.50. The fourth-order valence-electron chi connectivity index (χ4n) is 11.8. The van der Waals surface area contributed by atoms with Crippen molar-refractivity contribution in [3.63, 3.8) is 0 Å². The third-order valence-corrected chi connectivity index (χ3v) is 15.0. The molecular formula is C43H62O14. The van der Waals surface area contributed by atoms with Gasteiger partial charge in [0.15, 0.2) is 12.6 Å². The van der Waals surface area contributed by atoms with Gasteiger partial charge in [-0.1, -0.05) is 43.7 Å². The summed E-state index contributed by atoms with van der Waals surface area (Å²) >= 11 is 0. The van der Waals surface area contributed by atoms with E-state index in [1.807, 2.05) is 19.9 Å². The summed E-state index contributed by atoms with van der Waals surface area (Å²) in [6.07, 6.45) is -3.44. The zero-order chi connectivity index (χ0) is 41.0. The van der Waals surface area contributed by atoms with Crippen molar-refractivity contribution >= 4 is 11.9 Å². The fourth-order valence-corrected chi connectivity index (χ4v) is 11.8. The Morgan fingerprint density at radius 3 is 2.39 bits per heavy atom. The summed E-state index contributed by atoms with van der Waals surface area (Å²) < 4.78 is 42.7. The van der Waals surface area contributed by atoms with E-state index in [1.54, 1.807) is 38.3 Å². The van der Waals surface area contributed by atoms with E-state index >= 15 is 0 Å². The van der Waals surface area contributed by atoms with E-state index in [2.05, 4.69) is 13.0 Å². The van der Waals surface area contributed by atoms with Crippen LogP contribution in [-0.2, 0) is 38.0 Å². The number of aliphatic hydroxyl groups excluding tert-OH is 4. The SMILES string of the molecule is CO[C@H]1C[C@H](O[C@H]2CC[C@@]3(C)C(=CC[C@@H]4[C@@H]3C[C@@H](OC(=O)c3ccccc3)[C@]3(C)[C@@H]([C@@H](C)OC(C)=O)CC[C@]43O)C2)O[C@H](C)[C@H]1O[C@@H]1O[C@H](CO)[C@H](O)[C@@H](O)[C@H]1O. The molecule has 0 unspecified atom stereocenters. The molecule has 1 aromatic rings. The molecule has 0 bridgehead atoms. The number of carbonyl (C=O) groups is 2. The summed E-state index contributed by atoms with van der Waals surface area (Å²) in [7, 11) is 1.55. The van der Waals surface area contributed by atoms with Crippen LogP contribution in [0.15, 0.2) is 42.0 Å². The highest BCUT2D eigenvalue weighted by Gasteiger charge is 2.71. The molecule has 18 atom stereocenters. The lowest BCUT2D eigenvalue weighted by Gasteiger charge is -2.63. The van der Waals surface area contributed by atoms with Crippen LogP contribution in [0.5, 0.6) is 0 Å². The van der Waals surface area contributed by atoms with Crippen molar-refractivity contribution in [1.82, 2.24) is 0 Å². The molecule has 2 heterocycles. The Balaban J connectivity index is 1.06. The van der Waals surface area contributed by atoms with E-state index in [9.17, 15) is 35.1 Å². The summed E-state index contributed by atoms with van der Waals surface area (Å²) in [5, 5.41) is 53.7. The topological polar surface area (TPSA) is 200 Å². The quantitative estimate of drug-likeness (QED) is 0.171. The van der Waals surface area contributed by atoms with Crippen LogP contribution < -0.4 is 0 Å². The van der Waals surface area contributed by atoms with Crippen molar-refractivity contribution in [3.8, 4) is 0 Å². The predicted molar refractivity (Wildman–Crippen MR) is 202 cm³/mol. The van der Waals surface area contributed by atoms with Crippen LogP contribution in [0.1, 0.15) is 96.3 Å². The molecular weight excluding hydrogens is 740 g/mol. The molecule has 7 rings (SSSR count). The molecule has 1 aromatic carbocycles. The lowest BCUT2D eigenvalue weighted by atomic mass is 9.44. The Morgan fingerprint density at radius 2 is 1.70 bits per heavy atom. The number of fused-ring (bicyclic) bond motifs is 5. The molecule has 5 N–H and O–H groups in total. The highest BCUT2D eigenvalue weighted by Crippen LogP contribution is 2.69. The van der Waals surface area contributed by atoms with Gasteiger partial charge in [0.2, 0.25) is 0 Å². The Morgan fingerprint density at radius 1 is 0.965 bits per heavy atom. The monoisotopic (exact) mass is 802 g/mol. The molecule has 5 fully saturated rings. The van der Waals surface area contributed by atoms with E-state index in [0.717, 1.165) is 12.8 Å². The maximum absolute atomic E-state index is 13.7. The molecule has 0 radical (unpaired) electrons. The van der Waals surface area contributed by atoms with Crippen LogP contribution in [0.4, 0.5) is 0 Å². The lowest BCUT2D eigenvalue weighted by Crippen LogP contribution is -2.67. The van der Waals surface area contributed by atoms with Crippen molar-refractivity contribution in [2.75, 3.05) is 13.7 Å². The molecule has 14 nitrogen and oxygen atoms in total. The van der Waals surface area contributed by atoms with E-state index in [1.165, 1.54) is 12.5 Å². The first-order chi connectivity index (χ1) is 27.0. The van der Waals surface area contributed by atoms with Crippen LogP contribution >= 0.6 is 0 Å². The molecule has 0 spiro atoms. The van der Waals surface area contributed by atoms with Crippen LogP contribution in [0.25, 0.3) is 0 Å². The Bertz CT molecular complexity index is 1620. The highest BCUT2D eigenvalue weighted by molar-refractivity contribution is 5.89. The number of rotatable bonds is 10. The third kappa shape index (κ3) is 7.51. The first kappa shape index (κ1) is 42.6. The molecule has 57 heavy (non-hydrogen) atoms. The third-order valence-electron chi connectivity index (χ3n) is 15.0. The number of esters is 2. The Labute approximate surface area is 334 Å². The van der Waals surface area contributed by atoms with Crippen molar-refractivity contribution < 1.29 is 68.3 Å². The van der Waals surface area contributed by atoms with E-state index in [0.29, 0.717) is 44.1 Å². The number of hydrogen-bond acceptors (Lipinski definition) is 14. The summed E-state index contributed by atoms with van der Waals surface area (Å²) in [6, 6.07) is 8.93. The van der Waals surface area contributed by atoms with Gasteiger partial charge >= 0.3 is 11.9 Å². The van der Waals surface area contributed by atoms with Gasteiger partial charge in [0.05, 0.1) is 36.1 Å². The molecule has 14 heteroatoms. The van der Waals surface area contributed by atoms with Crippen molar-refractivity contribution in [2.24, 2.45) is 28.6 Å². The van der Waals surface area contributed by atoms with Gasteiger partial charge in [-0.05, 0) is 88.2 Å². The minimum atomic E-state index is -1.57. The zero-order valence-electron chi connectivity index (χ0n) is 33.9. The fraction of sp³-hybridized carbons (Fsp3) is 0.767. The second kappa shape index (κ2) is 16.5. The number of methoxy groups -OCH3 is 1. The van der Waals surface area contributed by atoms with Gasteiger partial charge in [-0.25, -0.2) is 4.79 Å². The number of allylic oxidation sites excluding steroid dienone is 1. The number of benzene rings is 1. The first-order valence-electron chi connectivity index (χ1n) is 20.7. The van der Waals surface area contributed by atoms with E-state index in [-0.39, 0.29) is 35.2 Å². The van der Waals surface area contributed by atoms with Crippen molar-refractivity contribution in [1.29, 1.82) is 0 Å². The van der Waals surface area contributed by atoms with Gasteiger partial charge in [-0.2, -0.15) is 0 Å². The predicted octanol–water partition coefficient (Wildman–Crippen LogP) is 3.19. The number of ether oxygens (including phenoxy) is 7. The smallest absolute Gasteiger partial charge is 0.338 e. The summed E-state index contributed by atoms with van der Waals surface area (Å²) in [4.78, 5) is 25.8. The van der Waals surface area contributed by atoms with Crippen LogP contribution in [0.2, 0.25) is 0 Å². The number of aliphatic hydroxyl groups is 5. The highest BCUT2D eigenvalue weighted by atomic mass is 16.7. The van der Waals surface area contributed by atoms with E-state index < -0.39 is 91.1 Å². The zero-order valence-corrected chi connectivity index (χ0v) is 33.9. The second-order valence-electron chi connectivity index (χ2n) is 17.8. The van der Waals surface area contributed by atoms with Crippen LogP contribution in [0.3, 0.4) is 0 Å². The van der Waals surface area contributed by atoms with Gasteiger partial charge in [0, 0.05) is 31.8 Å². The summed E-state index contributed by atoms with van der Waals surface area (Å²) in [5.74, 6) is -1.08. The van der Waals surface area contributed by atoms with Crippen LogP contribution in [0, 0.1) is 28.6 Å². The van der Waals surface area contributed by atoms with Crippen molar-refractivity contribution in [3.05, 3.63) is 47.5 Å². The lowest BCUT2D eigenvalue weighted by molar-refractivity contribution is -0.345. The summed E-state index contributed by atoms with van der Waals surface area (Å²) in [6.45, 7) is 8.83.